The second-order valence-electron chi connectivity index (χ2n) is 3.46. The standard InChI is InChI=1S/C12H8BrN3S/c13-9-5-2-1-4-8(9)11-14-12(16-15-11)10-6-3-7-17-10/h1-7H,(H,14,15,16). The van der Waals surface area contributed by atoms with Gasteiger partial charge < -0.3 is 0 Å². The van der Waals surface area contributed by atoms with Gasteiger partial charge in [0.25, 0.3) is 0 Å². The molecule has 0 saturated heterocycles. The van der Waals surface area contributed by atoms with Crippen molar-refractivity contribution >= 4 is 27.3 Å². The molecule has 0 aliphatic heterocycles. The van der Waals surface area contributed by atoms with E-state index in [0.717, 1.165) is 20.7 Å². The van der Waals surface area contributed by atoms with Gasteiger partial charge in [-0.1, -0.05) is 34.1 Å². The van der Waals surface area contributed by atoms with Gasteiger partial charge in [0.2, 0.25) is 0 Å². The van der Waals surface area contributed by atoms with E-state index in [4.69, 9.17) is 0 Å². The molecule has 0 aliphatic rings. The van der Waals surface area contributed by atoms with E-state index < -0.39 is 0 Å². The van der Waals surface area contributed by atoms with Crippen molar-refractivity contribution in [3.8, 4) is 22.1 Å². The van der Waals surface area contributed by atoms with Crippen LogP contribution >= 0.6 is 27.3 Å². The summed E-state index contributed by atoms with van der Waals surface area (Å²) in [5.41, 5.74) is 0.992. The quantitative estimate of drug-likeness (QED) is 0.778. The summed E-state index contributed by atoms with van der Waals surface area (Å²) in [5.74, 6) is 1.52. The average molecular weight is 306 g/mol. The number of hydrogen-bond donors (Lipinski definition) is 1. The van der Waals surface area contributed by atoms with Crippen LogP contribution in [-0.4, -0.2) is 15.2 Å². The summed E-state index contributed by atoms with van der Waals surface area (Å²) in [6, 6.07) is 11.9. The van der Waals surface area contributed by atoms with Gasteiger partial charge in [0.1, 0.15) is 0 Å². The Labute approximate surface area is 111 Å². The lowest BCUT2D eigenvalue weighted by atomic mass is 10.2. The third-order valence-electron chi connectivity index (χ3n) is 2.35. The van der Waals surface area contributed by atoms with Crippen LogP contribution < -0.4 is 0 Å². The molecule has 0 saturated carbocycles. The molecule has 2 aromatic heterocycles. The van der Waals surface area contributed by atoms with E-state index in [1.807, 2.05) is 41.8 Å². The van der Waals surface area contributed by atoms with E-state index in [1.165, 1.54) is 0 Å². The fraction of sp³-hybridized carbons (Fsp3) is 0. The highest BCUT2D eigenvalue weighted by Crippen LogP contribution is 2.27. The van der Waals surface area contributed by atoms with Gasteiger partial charge in [0.05, 0.1) is 4.88 Å². The minimum atomic E-state index is 0.709. The molecule has 0 bridgehead atoms. The molecule has 1 aromatic carbocycles. The van der Waals surface area contributed by atoms with Crippen LogP contribution in [0.4, 0.5) is 0 Å². The highest BCUT2D eigenvalue weighted by atomic mass is 79.9. The summed E-state index contributed by atoms with van der Waals surface area (Å²) in [4.78, 5) is 5.59. The maximum atomic E-state index is 4.50. The molecular weight excluding hydrogens is 298 g/mol. The Morgan fingerprint density at radius 1 is 1.12 bits per heavy atom. The first-order valence-electron chi connectivity index (χ1n) is 5.06. The number of benzene rings is 1. The van der Waals surface area contributed by atoms with Crippen molar-refractivity contribution in [2.45, 2.75) is 0 Å². The van der Waals surface area contributed by atoms with Crippen LogP contribution in [0.2, 0.25) is 0 Å². The molecule has 84 valence electrons. The third-order valence-corrected chi connectivity index (χ3v) is 3.92. The molecule has 2 heterocycles. The fourth-order valence-corrected chi connectivity index (χ4v) is 2.67. The van der Waals surface area contributed by atoms with Gasteiger partial charge in [-0.05, 0) is 23.6 Å². The zero-order chi connectivity index (χ0) is 11.7. The second-order valence-corrected chi connectivity index (χ2v) is 5.27. The molecule has 3 aromatic rings. The van der Waals surface area contributed by atoms with Gasteiger partial charge in [-0.15, -0.1) is 11.3 Å². The van der Waals surface area contributed by atoms with Crippen molar-refractivity contribution in [2.24, 2.45) is 0 Å². The maximum absolute atomic E-state index is 4.50. The van der Waals surface area contributed by atoms with Gasteiger partial charge in [-0.3, -0.25) is 5.10 Å². The summed E-state index contributed by atoms with van der Waals surface area (Å²) in [7, 11) is 0. The number of nitrogens with zero attached hydrogens (tertiary/aromatic N) is 2. The SMILES string of the molecule is Brc1ccccc1-c1n[nH]c(-c2cccs2)n1. The molecule has 3 rings (SSSR count). The van der Waals surface area contributed by atoms with Crippen LogP contribution in [0.15, 0.2) is 46.3 Å². The number of halogens is 1. The Morgan fingerprint density at radius 2 is 2.00 bits per heavy atom. The van der Waals surface area contributed by atoms with Crippen molar-refractivity contribution in [3.63, 3.8) is 0 Å². The smallest absolute Gasteiger partial charge is 0.182 e. The van der Waals surface area contributed by atoms with Gasteiger partial charge in [0, 0.05) is 10.0 Å². The molecule has 1 N–H and O–H groups in total. The van der Waals surface area contributed by atoms with Crippen LogP contribution in [-0.2, 0) is 0 Å². The highest BCUT2D eigenvalue weighted by Gasteiger charge is 2.10. The summed E-state index contributed by atoms with van der Waals surface area (Å²) in [5, 5.41) is 9.23. The molecule has 0 atom stereocenters. The Bertz CT molecular complexity index is 631. The summed E-state index contributed by atoms with van der Waals surface area (Å²) in [6.45, 7) is 0. The van der Waals surface area contributed by atoms with Gasteiger partial charge in [0.15, 0.2) is 11.6 Å². The molecule has 3 nitrogen and oxygen atoms in total. The molecule has 5 heteroatoms. The van der Waals surface area contributed by atoms with Crippen molar-refractivity contribution in [1.82, 2.24) is 15.2 Å². The van der Waals surface area contributed by atoms with Crippen LogP contribution in [0.1, 0.15) is 0 Å². The summed E-state index contributed by atoms with van der Waals surface area (Å²) >= 11 is 5.14. The molecule has 0 amide bonds. The van der Waals surface area contributed by atoms with E-state index >= 15 is 0 Å². The van der Waals surface area contributed by atoms with E-state index in [-0.39, 0.29) is 0 Å². The lowest BCUT2D eigenvalue weighted by Gasteiger charge is -1.97. The fourth-order valence-electron chi connectivity index (χ4n) is 1.55. The molecule has 0 unspecified atom stereocenters. The average Bonchev–Trinajstić information content (AvgIpc) is 3.00. The number of thiophene rings is 1. The first-order chi connectivity index (χ1) is 8.34. The molecule has 0 fully saturated rings. The Morgan fingerprint density at radius 3 is 2.76 bits per heavy atom. The van der Waals surface area contributed by atoms with Crippen molar-refractivity contribution in [3.05, 3.63) is 46.3 Å². The number of hydrogen-bond acceptors (Lipinski definition) is 3. The third kappa shape index (κ3) is 2.03. The van der Waals surface area contributed by atoms with Crippen LogP contribution in [0.25, 0.3) is 22.1 Å². The number of rotatable bonds is 2. The molecule has 0 aliphatic carbocycles. The maximum Gasteiger partial charge on any atom is 0.182 e. The topological polar surface area (TPSA) is 41.6 Å². The van der Waals surface area contributed by atoms with Gasteiger partial charge in [-0.25, -0.2) is 4.98 Å². The molecule has 0 spiro atoms. The van der Waals surface area contributed by atoms with Crippen LogP contribution in [0.3, 0.4) is 0 Å². The zero-order valence-corrected chi connectivity index (χ0v) is 11.1. The van der Waals surface area contributed by atoms with E-state index in [2.05, 4.69) is 31.1 Å². The van der Waals surface area contributed by atoms with E-state index in [0.29, 0.717) is 5.82 Å². The van der Waals surface area contributed by atoms with Crippen LogP contribution in [0.5, 0.6) is 0 Å². The Kier molecular flexibility index (Phi) is 2.78. The number of H-pyrrole nitrogens is 1. The lowest BCUT2D eigenvalue weighted by molar-refractivity contribution is 1.10. The van der Waals surface area contributed by atoms with E-state index in [9.17, 15) is 0 Å². The Balaban J connectivity index is 2.04. The van der Waals surface area contributed by atoms with E-state index in [1.54, 1.807) is 11.3 Å². The van der Waals surface area contributed by atoms with Gasteiger partial charge >= 0.3 is 0 Å². The van der Waals surface area contributed by atoms with Crippen molar-refractivity contribution in [1.29, 1.82) is 0 Å². The Hall–Kier alpha value is -1.46. The largest absolute Gasteiger partial charge is 0.258 e. The molecular formula is C12H8BrN3S. The summed E-state index contributed by atoms with van der Waals surface area (Å²) < 4.78 is 0.997. The first kappa shape index (κ1) is 10.7. The number of aromatic amines is 1. The van der Waals surface area contributed by atoms with Crippen LogP contribution in [0, 0.1) is 0 Å². The lowest BCUT2D eigenvalue weighted by Crippen LogP contribution is -1.81. The predicted octanol–water partition coefficient (Wildman–Crippen LogP) is 3.96. The van der Waals surface area contributed by atoms with Crippen molar-refractivity contribution in [2.75, 3.05) is 0 Å². The van der Waals surface area contributed by atoms with Gasteiger partial charge in [-0.2, -0.15) is 5.10 Å². The van der Waals surface area contributed by atoms with Crippen molar-refractivity contribution < 1.29 is 0 Å². The second kappa shape index (κ2) is 4.43. The minimum absolute atomic E-state index is 0.709. The first-order valence-corrected chi connectivity index (χ1v) is 6.73. The number of aromatic nitrogens is 3. The summed E-state index contributed by atoms with van der Waals surface area (Å²) in [6.07, 6.45) is 0. The molecule has 0 radical (unpaired) electrons. The number of nitrogens with one attached hydrogen (secondary N) is 1. The normalized spacial score (nSPS) is 10.6. The predicted molar refractivity (Wildman–Crippen MR) is 72.8 cm³/mol. The molecule has 17 heavy (non-hydrogen) atoms. The minimum Gasteiger partial charge on any atom is -0.258 e. The zero-order valence-electron chi connectivity index (χ0n) is 8.72. The highest BCUT2D eigenvalue weighted by molar-refractivity contribution is 9.10. The monoisotopic (exact) mass is 305 g/mol.